The molecule has 1 aromatic rings. The molecular weight excluding hydrogens is 572 g/mol. The molecule has 2 amide bonds. The first-order valence-corrected chi connectivity index (χ1v) is 14.6. The van der Waals surface area contributed by atoms with Gasteiger partial charge in [-0.25, -0.2) is 4.99 Å². The molecule has 5 N–H and O–H groups in total. The molecule has 234 valence electrons. The topological polar surface area (TPSA) is 161 Å². The Kier molecular flexibility index (Phi) is 9.27. The molecule has 0 saturated heterocycles. The lowest BCUT2D eigenvalue weighted by atomic mass is 9.94. The first-order valence-electron chi connectivity index (χ1n) is 14.6. The van der Waals surface area contributed by atoms with E-state index in [2.05, 4.69) is 28.8 Å². The minimum atomic E-state index is -0.945. The third-order valence-corrected chi connectivity index (χ3v) is 8.63. The van der Waals surface area contributed by atoms with Crippen LogP contribution in [-0.4, -0.2) is 44.7 Å². The molecule has 3 aliphatic rings. The van der Waals surface area contributed by atoms with Crippen molar-refractivity contribution in [3.63, 3.8) is 0 Å². The van der Waals surface area contributed by atoms with Crippen molar-refractivity contribution < 1.29 is 29.4 Å². The van der Waals surface area contributed by atoms with E-state index < -0.39 is 11.9 Å². The van der Waals surface area contributed by atoms with E-state index in [0.29, 0.717) is 45.2 Å². The number of allylic oxidation sites excluding steroid dienone is 7. The van der Waals surface area contributed by atoms with E-state index in [1.807, 2.05) is 34.6 Å². The SMILES string of the molecule is C=CC1=C(C)/C(=C/C2=NC(=C(/C)c3[nH]c(/C(C)=C4\NC(=O)C(C)=C4C=C)c(C)c3CCC(=O)O)/C(CCC(=O)O)=C2C)NC1=O. The Labute approximate surface area is 262 Å². The van der Waals surface area contributed by atoms with Crippen LogP contribution in [0, 0.1) is 6.92 Å². The van der Waals surface area contributed by atoms with Crippen LogP contribution < -0.4 is 10.6 Å². The lowest BCUT2D eigenvalue weighted by Gasteiger charge is -2.11. The second kappa shape index (κ2) is 12.8. The van der Waals surface area contributed by atoms with Crippen molar-refractivity contribution in [2.24, 2.45) is 4.99 Å². The summed E-state index contributed by atoms with van der Waals surface area (Å²) in [5.74, 6) is -2.34. The Morgan fingerprint density at radius 1 is 0.800 bits per heavy atom. The number of carbonyl (C=O) groups is 4. The number of aliphatic imine (C=N–C) groups is 1. The maximum Gasteiger partial charge on any atom is 0.303 e. The molecule has 0 aliphatic carbocycles. The van der Waals surface area contributed by atoms with Crippen molar-refractivity contribution in [2.75, 3.05) is 0 Å². The van der Waals surface area contributed by atoms with Crippen LogP contribution in [-0.2, 0) is 25.6 Å². The lowest BCUT2D eigenvalue weighted by molar-refractivity contribution is -0.138. The highest BCUT2D eigenvalue weighted by molar-refractivity contribution is 6.14. The minimum absolute atomic E-state index is 0.102. The fourth-order valence-electron chi connectivity index (χ4n) is 5.97. The van der Waals surface area contributed by atoms with Crippen LogP contribution in [0.3, 0.4) is 0 Å². The van der Waals surface area contributed by atoms with Crippen LogP contribution in [0.2, 0.25) is 0 Å². The molecule has 0 atom stereocenters. The molecule has 4 rings (SSSR count). The van der Waals surface area contributed by atoms with Gasteiger partial charge in [-0.2, -0.15) is 0 Å². The predicted octanol–water partition coefficient (Wildman–Crippen LogP) is 5.59. The molecule has 4 heterocycles. The van der Waals surface area contributed by atoms with Gasteiger partial charge in [0.2, 0.25) is 0 Å². The molecule has 10 nitrogen and oxygen atoms in total. The van der Waals surface area contributed by atoms with Crippen molar-refractivity contribution in [1.82, 2.24) is 15.6 Å². The van der Waals surface area contributed by atoms with E-state index in [-0.39, 0.29) is 37.5 Å². The molecular formula is C35H38N4O6. The Morgan fingerprint density at radius 2 is 1.42 bits per heavy atom. The zero-order chi connectivity index (χ0) is 33.3. The summed E-state index contributed by atoms with van der Waals surface area (Å²) in [5.41, 5.74) is 10.9. The molecule has 0 spiro atoms. The number of carboxylic acid groups (broad SMARTS) is 2. The second-order valence-corrected chi connectivity index (χ2v) is 11.3. The maximum absolute atomic E-state index is 12.5. The molecule has 1 aromatic heterocycles. The normalized spacial score (nSPS) is 19.8. The first-order chi connectivity index (χ1) is 21.2. The summed E-state index contributed by atoms with van der Waals surface area (Å²) in [7, 11) is 0. The summed E-state index contributed by atoms with van der Waals surface area (Å²) < 4.78 is 0. The summed E-state index contributed by atoms with van der Waals surface area (Å²) in [4.78, 5) is 56.6. The van der Waals surface area contributed by atoms with Crippen LogP contribution in [0.4, 0.5) is 0 Å². The predicted molar refractivity (Wildman–Crippen MR) is 174 cm³/mol. The summed E-state index contributed by atoms with van der Waals surface area (Å²) in [6, 6.07) is 0. The number of aliphatic carboxylic acids is 2. The van der Waals surface area contributed by atoms with Crippen LogP contribution in [0.1, 0.15) is 76.4 Å². The Morgan fingerprint density at radius 3 is 2.00 bits per heavy atom. The van der Waals surface area contributed by atoms with Gasteiger partial charge in [-0.1, -0.05) is 25.3 Å². The van der Waals surface area contributed by atoms with Crippen molar-refractivity contribution in [3.05, 3.63) is 104 Å². The number of carbonyl (C=O) groups excluding carboxylic acids is 2. The van der Waals surface area contributed by atoms with Crippen molar-refractivity contribution >= 4 is 40.6 Å². The van der Waals surface area contributed by atoms with Crippen molar-refractivity contribution in [3.8, 4) is 0 Å². The first kappa shape index (κ1) is 32.7. The second-order valence-electron chi connectivity index (χ2n) is 11.3. The number of aromatic amines is 1. The van der Waals surface area contributed by atoms with Gasteiger partial charge < -0.3 is 25.8 Å². The molecule has 0 aromatic carbocycles. The zero-order valence-corrected chi connectivity index (χ0v) is 26.4. The number of hydrogen-bond donors (Lipinski definition) is 5. The van der Waals surface area contributed by atoms with Gasteiger partial charge in [0.05, 0.1) is 17.1 Å². The third-order valence-electron chi connectivity index (χ3n) is 8.63. The third kappa shape index (κ3) is 6.08. The molecule has 0 unspecified atom stereocenters. The fraction of sp³-hybridized carbons (Fsp3) is 0.286. The van der Waals surface area contributed by atoms with Gasteiger partial charge in [0.15, 0.2) is 0 Å². The smallest absolute Gasteiger partial charge is 0.303 e. The highest BCUT2D eigenvalue weighted by Gasteiger charge is 2.29. The van der Waals surface area contributed by atoms with Crippen molar-refractivity contribution in [2.45, 2.75) is 67.2 Å². The quantitative estimate of drug-likeness (QED) is 0.220. The van der Waals surface area contributed by atoms with Crippen LogP contribution in [0.5, 0.6) is 0 Å². The summed E-state index contributed by atoms with van der Waals surface area (Å²) in [6.07, 6.45) is 5.17. The number of amides is 2. The number of nitrogens with zero attached hydrogens (tertiary/aromatic N) is 1. The highest BCUT2D eigenvalue weighted by atomic mass is 16.4. The molecule has 0 saturated carbocycles. The van der Waals surface area contributed by atoms with Crippen molar-refractivity contribution in [1.29, 1.82) is 0 Å². The highest BCUT2D eigenvalue weighted by Crippen LogP contribution is 2.39. The molecule has 3 aliphatic heterocycles. The summed E-state index contributed by atoms with van der Waals surface area (Å²) in [6.45, 7) is 18.7. The number of nitrogens with one attached hydrogen (secondary N) is 3. The van der Waals surface area contributed by atoms with E-state index in [0.717, 1.165) is 44.7 Å². The van der Waals surface area contributed by atoms with E-state index in [9.17, 15) is 29.4 Å². The summed E-state index contributed by atoms with van der Waals surface area (Å²) in [5, 5.41) is 24.8. The molecule has 10 heteroatoms. The van der Waals surface area contributed by atoms with E-state index in [1.165, 1.54) is 6.08 Å². The van der Waals surface area contributed by atoms with Gasteiger partial charge >= 0.3 is 11.9 Å². The number of hydrogen-bond acceptors (Lipinski definition) is 5. The lowest BCUT2D eigenvalue weighted by Crippen LogP contribution is -2.16. The molecule has 45 heavy (non-hydrogen) atoms. The van der Waals surface area contributed by atoms with Gasteiger partial charge in [-0.05, 0) is 99.5 Å². The number of rotatable bonds is 11. The molecule has 0 bridgehead atoms. The number of aromatic nitrogens is 1. The standard InChI is InChI=1S/C35H38N4O6/c1-9-22-19(6)34(44)39-31(22)20(7)30-18(5)25(12-14-29(42)43)33(38-30)21(8)32-24(11-13-28(40)41)17(4)26(36-32)15-27-16(3)23(10-2)35(45)37-27/h9-10,15,38H,1-2,11-14H2,3-8H3,(H,37,45)(H,39,44)(H,40,41)(H,42,43)/b27-15-,31-20-,32-21-. The Bertz CT molecular complexity index is 1820. The summed E-state index contributed by atoms with van der Waals surface area (Å²) >= 11 is 0. The van der Waals surface area contributed by atoms with E-state index in [4.69, 9.17) is 4.99 Å². The average molecular weight is 611 g/mol. The van der Waals surface area contributed by atoms with Gasteiger partial charge in [-0.15, -0.1) is 0 Å². The number of carboxylic acids is 2. The van der Waals surface area contributed by atoms with Gasteiger partial charge in [-0.3, -0.25) is 19.2 Å². The van der Waals surface area contributed by atoms with E-state index in [1.54, 1.807) is 19.1 Å². The Balaban J connectivity index is 1.94. The fourth-order valence-corrected chi connectivity index (χ4v) is 5.97. The number of H-pyrrole nitrogens is 1. The largest absolute Gasteiger partial charge is 0.481 e. The monoisotopic (exact) mass is 610 g/mol. The maximum atomic E-state index is 12.5. The molecule has 0 radical (unpaired) electrons. The van der Waals surface area contributed by atoms with Crippen LogP contribution in [0.25, 0.3) is 11.1 Å². The average Bonchev–Trinajstić information content (AvgIpc) is 3.66. The van der Waals surface area contributed by atoms with Crippen LogP contribution >= 0.6 is 0 Å². The van der Waals surface area contributed by atoms with Gasteiger partial charge in [0.1, 0.15) is 0 Å². The Hall–Kier alpha value is -5.25. The van der Waals surface area contributed by atoms with Crippen LogP contribution in [0.15, 0.2) is 86.9 Å². The van der Waals surface area contributed by atoms with E-state index >= 15 is 0 Å². The van der Waals surface area contributed by atoms with Gasteiger partial charge in [0, 0.05) is 46.6 Å². The van der Waals surface area contributed by atoms with Gasteiger partial charge in [0.25, 0.3) is 11.8 Å². The minimum Gasteiger partial charge on any atom is -0.481 e. The molecule has 0 fully saturated rings. The zero-order valence-electron chi connectivity index (χ0n) is 26.4.